The lowest BCUT2D eigenvalue weighted by atomic mass is 10.0. The minimum atomic E-state index is 0.0952. The Labute approximate surface area is 120 Å². The van der Waals surface area contributed by atoms with Gasteiger partial charge in [-0.2, -0.15) is 0 Å². The van der Waals surface area contributed by atoms with Gasteiger partial charge in [-0.05, 0) is 31.4 Å². The molecule has 1 amide bonds. The van der Waals surface area contributed by atoms with Crippen molar-refractivity contribution in [3.8, 4) is 0 Å². The summed E-state index contributed by atoms with van der Waals surface area (Å²) >= 11 is 0. The molecule has 0 spiro atoms. The first-order valence-electron chi connectivity index (χ1n) is 7.29. The Kier molecular flexibility index (Phi) is 5.56. The molecular weight excluding hydrogens is 252 g/mol. The number of hydrogen-bond donors (Lipinski definition) is 2. The Bertz CT molecular complexity index is 454. The molecule has 0 aromatic heterocycles. The third-order valence-corrected chi connectivity index (χ3v) is 3.64. The lowest BCUT2D eigenvalue weighted by molar-refractivity contribution is -0.122. The van der Waals surface area contributed by atoms with Crippen LogP contribution in [0.5, 0.6) is 0 Å². The Balaban J connectivity index is 1.70. The lowest BCUT2D eigenvalue weighted by Gasteiger charge is -2.23. The van der Waals surface area contributed by atoms with Crippen LogP contribution in [0.2, 0.25) is 0 Å². The molecule has 1 unspecified atom stereocenters. The predicted molar refractivity (Wildman–Crippen MR) is 79.9 cm³/mol. The molecular formula is C16H24N2O2. The zero-order valence-corrected chi connectivity index (χ0v) is 12.4. The van der Waals surface area contributed by atoms with Gasteiger partial charge < -0.3 is 15.4 Å². The number of carbonyl (C=O) groups is 1. The van der Waals surface area contributed by atoms with Gasteiger partial charge in [0.05, 0.1) is 13.2 Å². The van der Waals surface area contributed by atoms with Gasteiger partial charge in [-0.25, -0.2) is 0 Å². The Hall–Kier alpha value is -1.39. The van der Waals surface area contributed by atoms with E-state index in [0.717, 1.165) is 19.6 Å². The molecule has 4 nitrogen and oxygen atoms in total. The van der Waals surface area contributed by atoms with E-state index in [0.29, 0.717) is 19.6 Å². The minimum absolute atomic E-state index is 0.0952. The molecule has 2 N–H and O–H groups in total. The molecule has 0 bridgehead atoms. The Morgan fingerprint density at radius 2 is 2.30 bits per heavy atom. The highest BCUT2D eigenvalue weighted by molar-refractivity contribution is 5.76. The highest BCUT2D eigenvalue weighted by atomic mass is 16.5. The van der Waals surface area contributed by atoms with Crippen molar-refractivity contribution in [2.45, 2.75) is 32.7 Å². The van der Waals surface area contributed by atoms with Crippen LogP contribution in [0, 0.1) is 13.8 Å². The molecule has 0 aliphatic carbocycles. The number of hydrogen-bond acceptors (Lipinski definition) is 3. The van der Waals surface area contributed by atoms with Crippen LogP contribution in [-0.2, 0) is 16.0 Å². The molecule has 1 saturated heterocycles. The summed E-state index contributed by atoms with van der Waals surface area (Å²) in [5.74, 6) is 0.0952. The summed E-state index contributed by atoms with van der Waals surface area (Å²) in [6, 6.07) is 6.60. The van der Waals surface area contributed by atoms with E-state index in [1.165, 1.54) is 16.7 Å². The zero-order chi connectivity index (χ0) is 14.4. The normalized spacial score (nSPS) is 18.8. The first-order valence-corrected chi connectivity index (χ1v) is 7.29. The van der Waals surface area contributed by atoms with Crippen LogP contribution in [0.1, 0.15) is 23.1 Å². The summed E-state index contributed by atoms with van der Waals surface area (Å²) in [7, 11) is 0. The molecule has 110 valence electrons. The molecule has 1 aromatic carbocycles. The van der Waals surface area contributed by atoms with E-state index in [4.69, 9.17) is 4.74 Å². The number of ether oxygens (including phenoxy) is 1. The van der Waals surface area contributed by atoms with Crippen molar-refractivity contribution in [1.82, 2.24) is 10.6 Å². The molecule has 1 aliphatic heterocycles. The molecule has 1 heterocycles. The predicted octanol–water partition coefficient (Wildman–Crippen LogP) is 1.34. The Morgan fingerprint density at radius 3 is 3.00 bits per heavy atom. The number of nitrogens with one attached hydrogen (secondary N) is 2. The van der Waals surface area contributed by atoms with Gasteiger partial charge in [-0.1, -0.05) is 23.8 Å². The van der Waals surface area contributed by atoms with E-state index in [9.17, 15) is 4.79 Å². The maximum absolute atomic E-state index is 11.8. The monoisotopic (exact) mass is 276 g/mol. The van der Waals surface area contributed by atoms with Crippen LogP contribution in [0.25, 0.3) is 0 Å². The van der Waals surface area contributed by atoms with Crippen LogP contribution in [0.4, 0.5) is 0 Å². The second-order valence-corrected chi connectivity index (χ2v) is 5.46. The first-order chi connectivity index (χ1) is 9.65. The smallest absolute Gasteiger partial charge is 0.221 e. The topological polar surface area (TPSA) is 50.4 Å². The number of rotatable bonds is 5. The second-order valence-electron chi connectivity index (χ2n) is 5.46. The SMILES string of the molecule is Cc1ccc(CCNC(=O)CC2COCCN2)c(C)c1. The summed E-state index contributed by atoms with van der Waals surface area (Å²) in [6.45, 7) is 7.11. The van der Waals surface area contributed by atoms with Gasteiger partial charge in [0.2, 0.25) is 5.91 Å². The number of benzene rings is 1. The van der Waals surface area contributed by atoms with Gasteiger partial charge in [-0.3, -0.25) is 4.79 Å². The highest BCUT2D eigenvalue weighted by Crippen LogP contribution is 2.10. The van der Waals surface area contributed by atoms with E-state index in [1.807, 2.05) is 0 Å². The average molecular weight is 276 g/mol. The molecule has 1 fully saturated rings. The van der Waals surface area contributed by atoms with E-state index < -0.39 is 0 Å². The van der Waals surface area contributed by atoms with E-state index in [1.54, 1.807) is 0 Å². The fourth-order valence-electron chi connectivity index (χ4n) is 2.51. The second kappa shape index (κ2) is 7.41. The molecule has 2 rings (SSSR count). The molecule has 1 atom stereocenters. The van der Waals surface area contributed by atoms with Crippen molar-refractivity contribution in [2.24, 2.45) is 0 Å². The third kappa shape index (κ3) is 4.62. The van der Waals surface area contributed by atoms with Crippen LogP contribution in [0.15, 0.2) is 18.2 Å². The van der Waals surface area contributed by atoms with Crippen LogP contribution in [-0.4, -0.2) is 38.3 Å². The fourth-order valence-corrected chi connectivity index (χ4v) is 2.51. The molecule has 1 aliphatic rings. The van der Waals surface area contributed by atoms with Gasteiger partial charge in [0, 0.05) is 25.6 Å². The number of aryl methyl sites for hydroxylation is 2. The molecule has 20 heavy (non-hydrogen) atoms. The van der Waals surface area contributed by atoms with Crippen LogP contribution < -0.4 is 10.6 Å². The lowest BCUT2D eigenvalue weighted by Crippen LogP contribution is -2.44. The summed E-state index contributed by atoms with van der Waals surface area (Å²) in [4.78, 5) is 11.8. The zero-order valence-electron chi connectivity index (χ0n) is 12.4. The van der Waals surface area contributed by atoms with Gasteiger partial charge in [-0.15, -0.1) is 0 Å². The summed E-state index contributed by atoms with van der Waals surface area (Å²) in [6.07, 6.45) is 1.37. The van der Waals surface area contributed by atoms with Gasteiger partial charge >= 0.3 is 0 Å². The van der Waals surface area contributed by atoms with Crippen molar-refractivity contribution >= 4 is 5.91 Å². The van der Waals surface area contributed by atoms with Crippen LogP contribution >= 0.6 is 0 Å². The third-order valence-electron chi connectivity index (χ3n) is 3.64. The van der Waals surface area contributed by atoms with Crippen molar-refractivity contribution in [2.75, 3.05) is 26.3 Å². The van der Waals surface area contributed by atoms with Crippen molar-refractivity contribution < 1.29 is 9.53 Å². The molecule has 4 heteroatoms. The van der Waals surface area contributed by atoms with Gasteiger partial charge in [0.1, 0.15) is 0 Å². The van der Waals surface area contributed by atoms with Crippen molar-refractivity contribution in [3.05, 3.63) is 34.9 Å². The standard InChI is InChI=1S/C16H24N2O2/c1-12-3-4-14(13(2)9-12)5-6-18-16(19)10-15-11-20-8-7-17-15/h3-4,9,15,17H,5-8,10-11H2,1-2H3,(H,18,19). The maximum Gasteiger partial charge on any atom is 0.221 e. The Morgan fingerprint density at radius 1 is 1.45 bits per heavy atom. The number of morpholine rings is 1. The van der Waals surface area contributed by atoms with E-state index in [2.05, 4.69) is 42.7 Å². The summed E-state index contributed by atoms with van der Waals surface area (Å²) < 4.78 is 5.34. The fraction of sp³-hybridized carbons (Fsp3) is 0.562. The molecule has 1 aromatic rings. The van der Waals surface area contributed by atoms with E-state index >= 15 is 0 Å². The minimum Gasteiger partial charge on any atom is -0.378 e. The largest absolute Gasteiger partial charge is 0.378 e. The highest BCUT2D eigenvalue weighted by Gasteiger charge is 2.16. The average Bonchev–Trinajstić information content (AvgIpc) is 2.42. The number of carbonyl (C=O) groups excluding carboxylic acids is 1. The van der Waals surface area contributed by atoms with Crippen LogP contribution in [0.3, 0.4) is 0 Å². The van der Waals surface area contributed by atoms with E-state index in [-0.39, 0.29) is 11.9 Å². The summed E-state index contributed by atoms with van der Waals surface area (Å²) in [5, 5.41) is 6.27. The quantitative estimate of drug-likeness (QED) is 0.853. The maximum atomic E-state index is 11.8. The van der Waals surface area contributed by atoms with Crippen molar-refractivity contribution in [1.29, 1.82) is 0 Å². The number of amides is 1. The van der Waals surface area contributed by atoms with Gasteiger partial charge in [0.15, 0.2) is 0 Å². The summed E-state index contributed by atoms with van der Waals surface area (Å²) in [5.41, 5.74) is 3.87. The first kappa shape index (κ1) is 15.0. The molecule has 0 radical (unpaired) electrons. The molecule has 0 saturated carbocycles. The van der Waals surface area contributed by atoms with Gasteiger partial charge in [0.25, 0.3) is 0 Å². The van der Waals surface area contributed by atoms with Crippen molar-refractivity contribution in [3.63, 3.8) is 0 Å².